The summed E-state index contributed by atoms with van der Waals surface area (Å²) >= 11 is 6.31. The topological polar surface area (TPSA) is 67.3 Å². The summed E-state index contributed by atoms with van der Waals surface area (Å²) < 4.78 is 6.91. The lowest BCUT2D eigenvalue weighted by atomic mass is 9.94. The van der Waals surface area contributed by atoms with E-state index in [1.807, 2.05) is 36.4 Å². The Labute approximate surface area is 183 Å². The van der Waals surface area contributed by atoms with Gasteiger partial charge in [0.1, 0.15) is 0 Å². The van der Waals surface area contributed by atoms with Crippen LogP contribution in [0.15, 0.2) is 71.7 Å². The van der Waals surface area contributed by atoms with Gasteiger partial charge in [-0.25, -0.2) is 4.79 Å². The van der Waals surface area contributed by atoms with Crippen molar-refractivity contribution in [3.05, 3.63) is 82.2 Å². The van der Waals surface area contributed by atoms with E-state index in [4.69, 9.17) is 16.3 Å². The summed E-state index contributed by atoms with van der Waals surface area (Å²) in [4.78, 5) is 31.2. The molecule has 0 unspecified atom stereocenters. The first-order valence-electron chi connectivity index (χ1n) is 10.1. The standard InChI is InChI=1S/C24H20ClN3O3/c25-17-8-9-19-18(15-17)21(16-5-2-1-3-6-16)22(23(29)26-19)20-7-4-10-28(20)24(30)27-11-13-31-14-12-27/h1-10,15H,11-14H2,(H,26,29). The van der Waals surface area contributed by atoms with E-state index in [0.717, 1.165) is 16.5 Å². The van der Waals surface area contributed by atoms with E-state index in [9.17, 15) is 9.59 Å². The number of H-pyrrole nitrogens is 1. The lowest BCUT2D eigenvalue weighted by Gasteiger charge is -2.27. The molecule has 1 saturated heterocycles. The predicted molar refractivity (Wildman–Crippen MR) is 122 cm³/mol. The second-order valence-electron chi connectivity index (χ2n) is 7.41. The molecule has 2 aromatic carbocycles. The Morgan fingerprint density at radius 3 is 2.52 bits per heavy atom. The van der Waals surface area contributed by atoms with Gasteiger partial charge in [-0.3, -0.25) is 9.36 Å². The highest BCUT2D eigenvalue weighted by Gasteiger charge is 2.24. The van der Waals surface area contributed by atoms with Gasteiger partial charge in [-0.2, -0.15) is 0 Å². The van der Waals surface area contributed by atoms with Crippen molar-refractivity contribution >= 4 is 28.5 Å². The van der Waals surface area contributed by atoms with Crippen LogP contribution in [0.25, 0.3) is 33.3 Å². The van der Waals surface area contributed by atoms with Crippen LogP contribution in [0.2, 0.25) is 5.02 Å². The monoisotopic (exact) mass is 433 g/mol. The van der Waals surface area contributed by atoms with Crippen LogP contribution in [0.3, 0.4) is 0 Å². The highest BCUT2D eigenvalue weighted by molar-refractivity contribution is 6.31. The number of morpholine rings is 1. The predicted octanol–water partition coefficient (Wildman–Crippen LogP) is 4.62. The minimum absolute atomic E-state index is 0.173. The third kappa shape index (κ3) is 3.54. The number of ether oxygens (including phenoxy) is 1. The van der Waals surface area contributed by atoms with E-state index < -0.39 is 0 Å². The maximum atomic E-state index is 13.3. The summed E-state index contributed by atoms with van der Waals surface area (Å²) in [6, 6.07) is 18.5. The molecule has 3 heterocycles. The first kappa shape index (κ1) is 19.6. The third-order valence-electron chi connectivity index (χ3n) is 5.53. The molecule has 0 saturated carbocycles. The van der Waals surface area contributed by atoms with E-state index in [-0.39, 0.29) is 11.6 Å². The molecule has 31 heavy (non-hydrogen) atoms. The van der Waals surface area contributed by atoms with Crippen LogP contribution in [0, 0.1) is 0 Å². The largest absolute Gasteiger partial charge is 0.378 e. The highest BCUT2D eigenvalue weighted by atomic mass is 35.5. The molecule has 0 aliphatic carbocycles. The average Bonchev–Trinajstić information content (AvgIpc) is 3.28. The van der Waals surface area contributed by atoms with E-state index in [1.54, 1.807) is 39.9 Å². The Morgan fingerprint density at radius 2 is 1.74 bits per heavy atom. The van der Waals surface area contributed by atoms with Crippen LogP contribution in [-0.2, 0) is 4.74 Å². The number of hydrogen-bond donors (Lipinski definition) is 1. The van der Waals surface area contributed by atoms with Crippen LogP contribution in [0.5, 0.6) is 0 Å². The SMILES string of the molecule is O=C(N1CCOCC1)n1cccc1-c1c(-c2ccccc2)c2cc(Cl)ccc2[nH]c1=O. The smallest absolute Gasteiger partial charge is 0.328 e. The molecule has 6 nitrogen and oxygen atoms in total. The van der Waals surface area contributed by atoms with Crippen molar-refractivity contribution in [1.82, 2.24) is 14.5 Å². The van der Waals surface area contributed by atoms with Gasteiger partial charge in [-0.15, -0.1) is 0 Å². The number of carbonyl (C=O) groups excluding carboxylic acids is 1. The minimum atomic E-state index is -0.261. The first-order chi connectivity index (χ1) is 15.1. The number of hydrogen-bond acceptors (Lipinski definition) is 3. The molecule has 1 N–H and O–H groups in total. The van der Waals surface area contributed by atoms with Gasteiger partial charge in [0.05, 0.1) is 24.5 Å². The number of aromatic nitrogens is 2. The highest BCUT2D eigenvalue weighted by Crippen LogP contribution is 2.36. The molecular formula is C24H20ClN3O3. The number of aromatic amines is 1. The van der Waals surface area contributed by atoms with Crippen LogP contribution in [-0.4, -0.2) is 46.8 Å². The van der Waals surface area contributed by atoms with Crippen molar-refractivity contribution in [3.8, 4) is 22.4 Å². The van der Waals surface area contributed by atoms with Gasteiger partial charge < -0.3 is 14.6 Å². The number of pyridine rings is 1. The second-order valence-corrected chi connectivity index (χ2v) is 7.84. The van der Waals surface area contributed by atoms with Gasteiger partial charge in [-0.05, 0) is 35.9 Å². The molecule has 5 rings (SSSR count). The Balaban J connectivity index is 1.77. The number of nitrogens with zero attached hydrogens (tertiary/aromatic N) is 2. The Bertz CT molecular complexity index is 1320. The number of halogens is 1. The van der Waals surface area contributed by atoms with Gasteiger partial charge >= 0.3 is 6.03 Å². The molecule has 7 heteroatoms. The van der Waals surface area contributed by atoms with Crippen molar-refractivity contribution in [2.75, 3.05) is 26.3 Å². The van der Waals surface area contributed by atoms with Crippen molar-refractivity contribution in [3.63, 3.8) is 0 Å². The zero-order valence-electron chi connectivity index (χ0n) is 16.7. The maximum absolute atomic E-state index is 13.3. The van der Waals surface area contributed by atoms with Gasteiger partial charge in [0.15, 0.2) is 0 Å². The number of fused-ring (bicyclic) bond motifs is 1. The molecular weight excluding hydrogens is 414 g/mol. The molecule has 156 valence electrons. The molecule has 1 fully saturated rings. The summed E-state index contributed by atoms with van der Waals surface area (Å²) in [5.74, 6) is 0. The van der Waals surface area contributed by atoms with Gasteiger partial charge in [0.25, 0.3) is 5.56 Å². The van der Waals surface area contributed by atoms with Gasteiger partial charge in [-0.1, -0.05) is 41.9 Å². The zero-order chi connectivity index (χ0) is 21.4. The number of benzene rings is 2. The molecule has 1 amide bonds. The zero-order valence-corrected chi connectivity index (χ0v) is 17.4. The molecule has 0 atom stereocenters. The summed E-state index contributed by atoms with van der Waals surface area (Å²) in [6.45, 7) is 2.05. The normalized spacial score (nSPS) is 14.2. The van der Waals surface area contributed by atoms with E-state index in [1.165, 1.54) is 0 Å². The Hall–Kier alpha value is -3.35. The summed E-state index contributed by atoms with van der Waals surface area (Å²) in [7, 11) is 0. The second kappa shape index (κ2) is 8.06. The Morgan fingerprint density at radius 1 is 0.968 bits per heavy atom. The van der Waals surface area contributed by atoms with Crippen molar-refractivity contribution in [1.29, 1.82) is 0 Å². The van der Waals surface area contributed by atoms with E-state index in [2.05, 4.69) is 4.98 Å². The summed E-state index contributed by atoms with van der Waals surface area (Å²) in [5, 5.41) is 1.39. The van der Waals surface area contributed by atoms with Crippen LogP contribution in [0.1, 0.15) is 0 Å². The number of amides is 1. The fourth-order valence-corrected chi connectivity index (χ4v) is 4.24. The lowest BCUT2D eigenvalue weighted by Crippen LogP contribution is -2.43. The quantitative estimate of drug-likeness (QED) is 0.501. The Kier molecular flexibility index (Phi) is 5.10. The average molecular weight is 434 g/mol. The third-order valence-corrected chi connectivity index (χ3v) is 5.77. The molecule has 1 aliphatic rings. The molecule has 0 spiro atoms. The van der Waals surface area contributed by atoms with Crippen LogP contribution in [0.4, 0.5) is 4.79 Å². The fraction of sp³-hybridized carbons (Fsp3) is 0.167. The minimum Gasteiger partial charge on any atom is -0.378 e. The number of carbonyl (C=O) groups is 1. The van der Waals surface area contributed by atoms with Crippen molar-refractivity contribution < 1.29 is 9.53 Å². The molecule has 1 aliphatic heterocycles. The lowest BCUT2D eigenvalue weighted by molar-refractivity contribution is 0.0536. The van der Waals surface area contributed by atoms with Crippen molar-refractivity contribution in [2.24, 2.45) is 0 Å². The number of rotatable bonds is 2. The fourth-order valence-electron chi connectivity index (χ4n) is 4.07. The molecule has 4 aromatic rings. The van der Waals surface area contributed by atoms with Gasteiger partial charge in [0.2, 0.25) is 0 Å². The van der Waals surface area contributed by atoms with E-state index in [0.29, 0.717) is 48.1 Å². The summed E-state index contributed by atoms with van der Waals surface area (Å²) in [6.07, 6.45) is 1.70. The molecule has 2 aromatic heterocycles. The van der Waals surface area contributed by atoms with Crippen molar-refractivity contribution in [2.45, 2.75) is 0 Å². The van der Waals surface area contributed by atoms with Crippen LogP contribution < -0.4 is 5.56 Å². The summed E-state index contributed by atoms with van der Waals surface area (Å²) in [5.41, 5.74) is 3.03. The first-order valence-corrected chi connectivity index (χ1v) is 10.5. The van der Waals surface area contributed by atoms with E-state index >= 15 is 0 Å². The number of nitrogens with one attached hydrogen (secondary N) is 1. The maximum Gasteiger partial charge on any atom is 0.328 e. The van der Waals surface area contributed by atoms with Crippen LogP contribution >= 0.6 is 11.6 Å². The molecule has 0 radical (unpaired) electrons. The molecule has 0 bridgehead atoms. The van der Waals surface area contributed by atoms with Gasteiger partial charge in [0, 0.05) is 40.8 Å².